The Morgan fingerprint density at radius 2 is 2.26 bits per heavy atom. The lowest BCUT2D eigenvalue weighted by molar-refractivity contribution is 0.629. The second-order valence-electron chi connectivity index (χ2n) is 4.34. The molecule has 0 atom stereocenters. The number of hydrogen-bond acceptors (Lipinski definition) is 4. The first-order chi connectivity index (χ1) is 9.15. The van der Waals surface area contributed by atoms with E-state index < -0.39 is 0 Å². The lowest BCUT2D eigenvalue weighted by Crippen LogP contribution is -2.04. The number of nitrogens with one attached hydrogen (secondary N) is 1. The zero-order valence-corrected chi connectivity index (χ0v) is 11.5. The molecule has 2 aromatic heterocycles. The molecule has 0 aliphatic rings. The smallest absolute Gasteiger partial charge is 0.203 e. The number of benzene rings is 1. The highest BCUT2D eigenvalue weighted by Crippen LogP contribution is 2.20. The summed E-state index contributed by atoms with van der Waals surface area (Å²) < 4.78 is 15.1. The van der Waals surface area contributed by atoms with Crippen LogP contribution in [0.4, 0.5) is 10.3 Å². The fourth-order valence-corrected chi connectivity index (χ4v) is 2.70. The molecule has 0 saturated carbocycles. The van der Waals surface area contributed by atoms with Gasteiger partial charge in [-0.1, -0.05) is 0 Å². The summed E-state index contributed by atoms with van der Waals surface area (Å²) in [6.45, 7) is 2.66. The number of fused-ring (bicyclic) bond motifs is 1. The quantitative estimate of drug-likeness (QED) is 0.799. The molecule has 0 spiro atoms. The molecule has 0 bridgehead atoms. The van der Waals surface area contributed by atoms with E-state index in [9.17, 15) is 4.39 Å². The first kappa shape index (κ1) is 12.1. The predicted molar refractivity (Wildman–Crippen MR) is 74.8 cm³/mol. The Labute approximate surface area is 113 Å². The first-order valence-corrected chi connectivity index (χ1v) is 6.78. The minimum absolute atomic E-state index is 0.268. The van der Waals surface area contributed by atoms with E-state index in [0.717, 1.165) is 17.2 Å². The van der Waals surface area contributed by atoms with Crippen LogP contribution in [0.15, 0.2) is 23.7 Å². The second kappa shape index (κ2) is 4.62. The Hall–Kier alpha value is -1.95. The number of thiazole rings is 1. The number of aryl methyl sites for hydroxylation is 2. The Bertz CT molecular complexity index is 731. The third-order valence-electron chi connectivity index (χ3n) is 3.09. The van der Waals surface area contributed by atoms with Crippen LogP contribution in [0, 0.1) is 12.7 Å². The molecule has 2 heterocycles. The van der Waals surface area contributed by atoms with E-state index in [1.807, 2.05) is 24.0 Å². The fourth-order valence-electron chi connectivity index (χ4n) is 1.99. The SMILES string of the molecule is Cc1ncsc1CNc1nc2cc(F)ccc2n1C. The summed E-state index contributed by atoms with van der Waals surface area (Å²) in [6.07, 6.45) is 0. The summed E-state index contributed by atoms with van der Waals surface area (Å²) in [5, 5.41) is 3.26. The first-order valence-electron chi connectivity index (χ1n) is 5.90. The number of anilines is 1. The van der Waals surface area contributed by atoms with Crippen LogP contribution in [0.2, 0.25) is 0 Å². The van der Waals surface area contributed by atoms with Crippen LogP contribution >= 0.6 is 11.3 Å². The molecule has 3 rings (SSSR count). The van der Waals surface area contributed by atoms with Gasteiger partial charge in [-0.05, 0) is 19.1 Å². The molecule has 1 aromatic carbocycles. The van der Waals surface area contributed by atoms with Gasteiger partial charge in [-0.15, -0.1) is 11.3 Å². The standard InChI is InChI=1S/C13H13FN4S/c1-8-12(19-7-16-8)6-15-13-17-10-5-9(14)3-4-11(10)18(13)2/h3-5,7H,6H2,1-2H3,(H,15,17). The number of hydrogen-bond donors (Lipinski definition) is 1. The maximum atomic E-state index is 13.2. The molecule has 0 radical (unpaired) electrons. The van der Waals surface area contributed by atoms with Gasteiger partial charge in [-0.3, -0.25) is 0 Å². The summed E-state index contributed by atoms with van der Waals surface area (Å²) in [5.74, 6) is 0.462. The van der Waals surface area contributed by atoms with Crippen LogP contribution in [-0.2, 0) is 13.6 Å². The third kappa shape index (κ3) is 2.19. The molecule has 1 N–H and O–H groups in total. The predicted octanol–water partition coefficient (Wildman–Crippen LogP) is 3.09. The van der Waals surface area contributed by atoms with Crippen molar-refractivity contribution in [3.05, 3.63) is 40.1 Å². The molecule has 0 aliphatic heterocycles. The number of imidazole rings is 1. The molecule has 0 aliphatic carbocycles. The van der Waals surface area contributed by atoms with Crippen molar-refractivity contribution < 1.29 is 4.39 Å². The van der Waals surface area contributed by atoms with E-state index in [1.165, 1.54) is 17.0 Å². The van der Waals surface area contributed by atoms with Crippen molar-refractivity contribution in [1.82, 2.24) is 14.5 Å². The number of rotatable bonds is 3. The van der Waals surface area contributed by atoms with Crippen molar-refractivity contribution in [2.24, 2.45) is 7.05 Å². The molecule has 0 saturated heterocycles. The minimum atomic E-state index is -0.268. The summed E-state index contributed by atoms with van der Waals surface area (Å²) >= 11 is 1.61. The van der Waals surface area contributed by atoms with Gasteiger partial charge in [0.15, 0.2) is 0 Å². The van der Waals surface area contributed by atoms with Crippen molar-refractivity contribution in [1.29, 1.82) is 0 Å². The van der Waals surface area contributed by atoms with Crippen molar-refractivity contribution in [2.45, 2.75) is 13.5 Å². The van der Waals surface area contributed by atoms with Crippen LogP contribution in [0.1, 0.15) is 10.6 Å². The van der Waals surface area contributed by atoms with Gasteiger partial charge in [0.05, 0.1) is 28.8 Å². The maximum absolute atomic E-state index is 13.2. The third-order valence-corrected chi connectivity index (χ3v) is 4.03. The molecular formula is C13H13FN4S. The lowest BCUT2D eigenvalue weighted by Gasteiger charge is -2.05. The maximum Gasteiger partial charge on any atom is 0.203 e. The molecule has 19 heavy (non-hydrogen) atoms. The van der Waals surface area contributed by atoms with E-state index in [0.29, 0.717) is 12.1 Å². The van der Waals surface area contributed by atoms with Gasteiger partial charge in [0.1, 0.15) is 5.82 Å². The number of halogens is 1. The molecule has 0 amide bonds. The van der Waals surface area contributed by atoms with Gasteiger partial charge in [0, 0.05) is 18.0 Å². The van der Waals surface area contributed by atoms with Crippen LogP contribution in [0.25, 0.3) is 11.0 Å². The molecule has 0 fully saturated rings. The largest absolute Gasteiger partial charge is 0.351 e. The van der Waals surface area contributed by atoms with E-state index in [4.69, 9.17) is 0 Å². The second-order valence-corrected chi connectivity index (χ2v) is 5.28. The zero-order valence-electron chi connectivity index (χ0n) is 10.6. The molecule has 4 nitrogen and oxygen atoms in total. The highest BCUT2D eigenvalue weighted by atomic mass is 32.1. The van der Waals surface area contributed by atoms with Crippen molar-refractivity contribution >= 4 is 28.3 Å². The van der Waals surface area contributed by atoms with Gasteiger partial charge in [0.25, 0.3) is 0 Å². The van der Waals surface area contributed by atoms with Crippen LogP contribution in [0.5, 0.6) is 0 Å². The minimum Gasteiger partial charge on any atom is -0.351 e. The topological polar surface area (TPSA) is 42.7 Å². The van der Waals surface area contributed by atoms with Gasteiger partial charge < -0.3 is 9.88 Å². The molecular weight excluding hydrogens is 263 g/mol. The zero-order chi connectivity index (χ0) is 13.4. The molecule has 3 aromatic rings. The van der Waals surface area contributed by atoms with Gasteiger partial charge in [0.2, 0.25) is 5.95 Å². The number of aromatic nitrogens is 3. The van der Waals surface area contributed by atoms with Crippen LogP contribution in [-0.4, -0.2) is 14.5 Å². The Balaban J connectivity index is 1.89. The summed E-state index contributed by atoms with van der Waals surface area (Å²) in [5.41, 5.74) is 4.43. The Morgan fingerprint density at radius 3 is 3.00 bits per heavy atom. The van der Waals surface area contributed by atoms with Gasteiger partial charge in [-0.25, -0.2) is 14.4 Å². The highest BCUT2D eigenvalue weighted by molar-refractivity contribution is 7.09. The summed E-state index contributed by atoms with van der Waals surface area (Å²) in [6, 6.07) is 4.63. The van der Waals surface area contributed by atoms with E-state index in [-0.39, 0.29) is 5.82 Å². The highest BCUT2D eigenvalue weighted by Gasteiger charge is 2.09. The van der Waals surface area contributed by atoms with E-state index in [1.54, 1.807) is 17.4 Å². The van der Waals surface area contributed by atoms with E-state index >= 15 is 0 Å². The van der Waals surface area contributed by atoms with Crippen molar-refractivity contribution in [2.75, 3.05) is 5.32 Å². The van der Waals surface area contributed by atoms with Crippen molar-refractivity contribution in [3.63, 3.8) is 0 Å². The Kier molecular flexibility index (Phi) is 2.94. The summed E-state index contributed by atoms with van der Waals surface area (Å²) in [7, 11) is 1.91. The van der Waals surface area contributed by atoms with Gasteiger partial charge >= 0.3 is 0 Å². The van der Waals surface area contributed by atoms with Crippen LogP contribution in [0.3, 0.4) is 0 Å². The van der Waals surface area contributed by atoms with Crippen molar-refractivity contribution in [3.8, 4) is 0 Å². The molecule has 0 unspecified atom stereocenters. The monoisotopic (exact) mass is 276 g/mol. The fraction of sp³-hybridized carbons (Fsp3) is 0.231. The average Bonchev–Trinajstić information content (AvgIpc) is 2.91. The summed E-state index contributed by atoms with van der Waals surface area (Å²) in [4.78, 5) is 9.78. The average molecular weight is 276 g/mol. The number of nitrogens with zero attached hydrogens (tertiary/aromatic N) is 3. The van der Waals surface area contributed by atoms with E-state index in [2.05, 4.69) is 15.3 Å². The lowest BCUT2D eigenvalue weighted by atomic mass is 10.3. The molecule has 6 heteroatoms. The normalized spacial score (nSPS) is 11.1. The molecule has 98 valence electrons. The van der Waals surface area contributed by atoms with Crippen LogP contribution < -0.4 is 5.32 Å². The van der Waals surface area contributed by atoms with Gasteiger partial charge in [-0.2, -0.15) is 0 Å². The Morgan fingerprint density at radius 1 is 1.42 bits per heavy atom.